The molecule has 0 bridgehead atoms. The Morgan fingerprint density at radius 3 is 2.86 bits per heavy atom. The van der Waals surface area contributed by atoms with Gasteiger partial charge in [-0.2, -0.15) is 5.10 Å². The first kappa shape index (κ1) is 21.3. The highest BCUT2D eigenvalue weighted by Gasteiger charge is 2.29. The third-order valence-corrected chi connectivity index (χ3v) is 5.34. The molecule has 1 N–H and O–H groups in total. The Morgan fingerprint density at radius 1 is 1.28 bits per heavy atom. The number of benzene rings is 1. The van der Waals surface area contributed by atoms with Crippen molar-refractivity contribution in [1.82, 2.24) is 24.9 Å². The molecule has 1 aromatic carbocycles. The van der Waals surface area contributed by atoms with Gasteiger partial charge in [-0.3, -0.25) is 14.3 Å². The number of halogens is 2. The van der Waals surface area contributed by atoms with E-state index in [4.69, 9.17) is 0 Å². The first-order chi connectivity index (χ1) is 13.6. The van der Waals surface area contributed by atoms with Crippen molar-refractivity contribution in [3.05, 3.63) is 53.6 Å². The maximum atomic E-state index is 13.3. The molecule has 1 unspecified atom stereocenters. The first-order valence-corrected chi connectivity index (χ1v) is 9.67. The van der Waals surface area contributed by atoms with Crippen LogP contribution in [0.2, 0.25) is 0 Å². The van der Waals surface area contributed by atoms with E-state index in [-0.39, 0.29) is 42.6 Å². The summed E-state index contributed by atoms with van der Waals surface area (Å²) in [6, 6.07) is 8.22. The number of amides is 2. The van der Waals surface area contributed by atoms with Crippen LogP contribution in [0, 0.1) is 5.82 Å². The number of carbonyl (C=O) groups is 2. The number of carbonyl (C=O) groups excluding carboxylic acids is 2. The molecule has 156 valence electrons. The predicted molar refractivity (Wildman–Crippen MR) is 108 cm³/mol. The zero-order valence-electron chi connectivity index (χ0n) is 16.1. The summed E-state index contributed by atoms with van der Waals surface area (Å²) in [5.41, 5.74) is 1.12. The summed E-state index contributed by atoms with van der Waals surface area (Å²) in [5, 5.41) is 7.79. The van der Waals surface area contributed by atoms with Crippen molar-refractivity contribution >= 4 is 24.2 Å². The Bertz CT molecular complexity index is 868. The van der Waals surface area contributed by atoms with Crippen LogP contribution in [-0.4, -0.2) is 64.1 Å². The molecule has 2 amide bonds. The topological polar surface area (TPSA) is 70.5 Å². The number of nitrogens with one attached hydrogen (secondary N) is 1. The molecule has 4 rings (SSSR count). The molecule has 1 aromatic heterocycles. The molecule has 2 fully saturated rings. The lowest BCUT2D eigenvalue weighted by Gasteiger charge is -2.34. The van der Waals surface area contributed by atoms with Gasteiger partial charge in [0.25, 0.3) is 5.91 Å². The van der Waals surface area contributed by atoms with Crippen LogP contribution in [-0.2, 0) is 11.3 Å². The van der Waals surface area contributed by atoms with Gasteiger partial charge in [-0.25, -0.2) is 4.39 Å². The fourth-order valence-electron chi connectivity index (χ4n) is 3.78. The van der Waals surface area contributed by atoms with Gasteiger partial charge in [-0.1, -0.05) is 12.1 Å². The first-order valence-electron chi connectivity index (χ1n) is 9.67. The predicted octanol–water partition coefficient (Wildman–Crippen LogP) is 1.85. The fourth-order valence-corrected chi connectivity index (χ4v) is 3.78. The summed E-state index contributed by atoms with van der Waals surface area (Å²) in [7, 11) is 0. The lowest BCUT2D eigenvalue weighted by Crippen LogP contribution is -2.51. The number of piperazine rings is 1. The molecular weight excluding hydrogens is 397 g/mol. The minimum Gasteiger partial charge on any atom is -0.335 e. The van der Waals surface area contributed by atoms with Crippen LogP contribution in [0.1, 0.15) is 34.9 Å². The summed E-state index contributed by atoms with van der Waals surface area (Å²) in [4.78, 5) is 28.4. The van der Waals surface area contributed by atoms with Crippen LogP contribution >= 0.6 is 12.4 Å². The van der Waals surface area contributed by atoms with Gasteiger partial charge in [0.15, 0.2) is 0 Å². The van der Waals surface area contributed by atoms with Crippen molar-refractivity contribution in [1.29, 1.82) is 0 Å². The van der Waals surface area contributed by atoms with E-state index in [0.717, 1.165) is 31.5 Å². The van der Waals surface area contributed by atoms with Crippen LogP contribution in [0.15, 0.2) is 36.5 Å². The molecule has 7 nitrogen and oxygen atoms in total. The summed E-state index contributed by atoms with van der Waals surface area (Å²) >= 11 is 0. The van der Waals surface area contributed by atoms with E-state index in [2.05, 4.69) is 10.4 Å². The molecular formula is C20H25ClFN5O2. The second kappa shape index (κ2) is 9.37. The van der Waals surface area contributed by atoms with Gasteiger partial charge in [0, 0.05) is 32.4 Å². The molecule has 9 heteroatoms. The SMILES string of the molecule is Cl.O=C1CN(C(=O)c2ccn(C3CCCNC3)n2)CCN1Cc1cccc(F)c1. The van der Waals surface area contributed by atoms with Gasteiger partial charge in [-0.15, -0.1) is 12.4 Å². The lowest BCUT2D eigenvalue weighted by molar-refractivity contribution is -0.135. The number of hydrogen-bond donors (Lipinski definition) is 1. The van der Waals surface area contributed by atoms with Crippen molar-refractivity contribution < 1.29 is 14.0 Å². The number of aromatic nitrogens is 2. The van der Waals surface area contributed by atoms with Gasteiger partial charge in [0.05, 0.1) is 6.04 Å². The zero-order chi connectivity index (χ0) is 19.5. The number of piperidine rings is 1. The highest BCUT2D eigenvalue weighted by Crippen LogP contribution is 2.17. The molecule has 2 aliphatic rings. The third-order valence-electron chi connectivity index (χ3n) is 5.34. The van der Waals surface area contributed by atoms with E-state index >= 15 is 0 Å². The Kier molecular flexibility index (Phi) is 6.87. The molecule has 0 saturated carbocycles. The van der Waals surface area contributed by atoms with Crippen molar-refractivity contribution in [2.24, 2.45) is 0 Å². The lowest BCUT2D eigenvalue weighted by atomic mass is 10.1. The average molecular weight is 422 g/mol. The fraction of sp³-hybridized carbons (Fsp3) is 0.450. The third kappa shape index (κ3) is 4.94. The van der Waals surface area contributed by atoms with Gasteiger partial charge in [0.2, 0.25) is 5.91 Å². The molecule has 3 heterocycles. The van der Waals surface area contributed by atoms with Gasteiger partial charge < -0.3 is 15.1 Å². The molecule has 0 spiro atoms. The molecule has 0 radical (unpaired) electrons. The second-order valence-electron chi connectivity index (χ2n) is 7.35. The largest absolute Gasteiger partial charge is 0.335 e. The molecule has 1 atom stereocenters. The monoisotopic (exact) mass is 421 g/mol. The van der Waals surface area contributed by atoms with E-state index < -0.39 is 0 Å². The number of hydrogen-bond acceptors (Lipinski definition) is 4. The molecule has 2 saturated heterocycles. The van der Waals surface area contributed by atoms with Crippen LogP contribution in [0.4, 0.5) is 4.39 Å². The maximum Gasteiger partial charge on any atom is 0.274 e. The summed E-state index contributed by atoms with van der Waals surface area (Å²) in [5.74, 6) is -0.677. The quantitative estimate of drug-likeness (QED) is 0.818. The van der Waals surface area contributed by atoms with E-state index in [1.807, 2.05) is 10.9 Å². The van der Waals surface area contributed by atoms with Crippen LogP contribution < -0.4 is 5.32 Å². The smallest absolute Gasteiger partial charge is 0.274 e. The number of rotatable bonds is 4. The summed E-state index contributed by atoms with van der Waals surface area (Å²) in [6.45, 7) is 3.11. The van der Waals surface area contributed by atoms with E-state index in [0.29, 0.717) is 25.3 Å². The second-order valence-corrected chi connectivity index (χ2v) is 7.35. The Morgan fingerprint density at radius 2 is 2.14 bits per heavy atom. The normalized spacial score (nSPS) is 19.8. The standard InChI is InChI=1S/C20H24FN5O2.ClH/c21-16-4-1-3-15(11-16)13-24-9-10-25(14-19(24)27)20(28)18-6-8-26(23-18)17-5-2-7-22-12-17;/h1,3-4,6,8,11,17,22H,2,5,7,9-10,12-14H2;1H. The summed E-state index contributed by atoms with van der Waals surface area (Å²) in [6.07, 6.45) is 3.97. The average Bonchev–Trinajstić information content (AvgIpc) is 3.20. The van der Waals surface area contributed by atoms with Gasteiger partial charge in [0.1, 0.15) is 18.1 Å². The zero-order valence-corrected chi connectivity index (χ0v) is 16.9. The van der Waals surface area contributed by atoms with Crippen molar-refractivity contribution in [2.45, 2.75) is 25.4 Å². The Balaban J connectivity index is 0.00000240. The Labute approximate surface area is 175 Å². The highest BCUT2D eigenvalue weighted by molar-refractivity contribution is 5.95. The van der Waals surface area contributed by atoms with E-state index in [9.17, 15) is 14.0 Å². The van der Waals surface area contributed by atoms with Crippen LogP contribution in [0.3, 0.4) is 0 Å². The maximum absolute atomic E-state index is 13.3. The minimum absolute atomic E-state index is 0. The number of nitrogens with zero attached hydrogens (tertiary/aromatic N) is 4. The molecule has 29 heavy (non-hydrogen) atoms. The van der Waals surface area contributed by atoms with Crippen LogP contribution in [0.5, 0.6) is 0 Å². The highest BCUT2D eigenvalue weighted by atomic mass is 35.5. The molecule has 2 aromatic rings. The minimum atomic E-state index is -0.317. The van der Waals surface area contributed by atoms with E-state index in [1.54, 1.807) is 23.1 Å². The van der Waals surface area contributed by atoms with Gasteiger partial charge in [-0.05, 0) is 43.1 Å². The Hall–Kier alpha value is -2.45. The van der Waals surface area contributed by atoms with Gasteiger partial charge >= 0.3 is 0 Å². The van der Waals surface area contributed by atoms with Crippen LogP contribution in [0.25, 0.3) is 0 Å². The van der Waals surface area contributed by atoms with Crippen molar-refractivity contribution in [2.75, 3.05) is 32.7 Å². The van der Waals surface area contributed by atoms with E-state index in [1.165, 1.54) is 17.0 Å². The summed E-state index contributed by atoms with van der Waals surface area (Å²) < 4.78 is 15.2. The van der Waals surface area contributed by atoms with Crippen molar-refractivity contribution in [3.8, 4) is 0 Å². The molecule has 0 aliphatic carbocycles. The van der Waals surface area contributed by atoms with Crippen molar-refractivity contribution in [3.63, 3.8) is 0 Å². The molecule has 2 aliphatic heterocycles.